The van der Waals surface area contributed by atoms with E-state index < -0.39 is 19.8 Å². The summed E-state index contributed by atoms with van der Waals surface area (Å²) in [5, 5.41) is 2.81. The maximum absolute atomic E-state index is 3.38. The average molecular weight is 306 g/mol. The quantitative estimate of drug-likeness (QED) is 0.389. The summed E-state index contributed by atoms with van der Waals surface area (Å²) in [5.41, 5.74) is 1.46. The molecule has 0 bridgehead atoms. The van der Waals surface area contributed by atoms with Gasteiger partial charge in [0, 0.05) is 0 Å². The molecule has 1 aliphatic carbocycles. The molecule has 0 saturated heterocycles. The van der Waals surface area contributed by atoms with Crippen molar-refractivity contribution in [2.45, 2.75) is 3.92 Å². The van der Waals surface area contributed by atoms with Gasteiger partial charge in [-0.05, 0) is 0 Å². The van der Waals surface area contributed by atoms with Gasteiger partial charge in [-0.2, -0.15) is 0 Å². The Morgan fingerprint density at radius 1 is 1.27 bits per heavy atom. The Morgan fingerprint density at radius 3 is 3.07 bits per heavy atom. The van der Waals surface area contributed by atoms with E-state index in [-0.39, 0.29) is 0 Å². The first kappa shape index (κ1) is 9.23. The zero-order chi connectivity index (χ0) is 10.3. The number of alkyl halides is 2. The van der Waals surface area contributed by atoms with Crippen LogP contribution in [-0.2, 0) is 0 Å². The van der Waals surface area contributed by atoms with Gasteiger partial charge in [0.25, 0.3) is 0 Å². The SMILES string of the molecule is CI1C=c2ccccc2=C2C=CC#CC21. The van der Waals surface area contributed by atoms with Crippen molar-refractivity contribution in [3.05, 3.63) is 46.9 Å². The molecule has 0 amide bonds. The summed E-state index contributed by atoms with van der Waals surface area (Å²) in [4.78, 5) is 2.40. The van der Waals surface area contributed by atoms with Crippen molar-refractivity contribution >= 4 is 29.5 Å². The molecule has 0 nitrogen and oxygen atoms in total. The number of allylic oxidation sites excluding steroid dienone is 2. The average Bonchev–Trinajstić information content (AvgIpc) is 2.30. The molecule has 1 heteroatoms. The predicted octanol–water partition coefficient (Wildman–Crippen LogP) is 1.67. The zero-order valence-corrected chi connectivity index (χ0v) is 10.7. The van der Waals surface area contributed by atoms with E-state index in [9.17, 15) is 0 Å². The third-order valence-corrected chi connectivity index (χ3v) is 7.34. The normalized spacial score (nSPS) is 23.4. The molecule has 1 aliphatic heterocycles. The van der Waals surface area contributed by atoms with Gasteiger partial charge >= 0.3 is 97.0 Å². The third kappa shape index (κ3) is 1.44. The number of hydrogen-bond donors (Lipinski definition) is 0. The molecule has 3 rings (SSSR count). The molecule has 0 N–H and O–H groups in total. The van der Waals surface area contributed by atoms with Crippen LogP contribution >= 0.6 is 19.8 Å². The Morgan fingerprint density at radius 2 is 2.13 bits per heavy atom. The monoisotopic (exact) mass is 306 g/mol. The molecule has 15 heavy (non-hydrogen) atoms. The van der Waals surface area contributed by atoms with Crippen molar-refractivity contribution < 1.29 is 0 Å². The van der Waals surface area contributed by atoms with Gasteiger partial charge in [0.2, 0.25) is 0 Å². The van der Waals surface area contributed by atoms with E-state index in [4.69, 9.17) is 0 Å². The van der Waals surface area contributed by atoms with Crippen LogP contribution in [0.5, 0.6) is 0 Å². The first-order valence-electron chi connectivity index (χ1n) is 4.92. The molecule has 0 saturated carbocycles. The number of halogens is 1. The molecule has 0 spiro atoms. The second-order valence-electron chi connectivity index (χ2n) is 3.70. The minimum atomic E-state index is -1.03. The van der Waals surface area contributed by atoms with Crippen molar-refractivity contribution in [3.63, 3.8) is 0 Å². The van der Waals surface area contributed by atoms with Crippen LogP contribution in [0.1, 0.15) is 0 Å². The van der Waals surface area contributed by atoms with Crippen molar-refractivity contribution in [3.8, 4) is 11.8 Å². The van der Waals surface area contributed by atoms with Crippen LogP contribution < -0.4 is 10.4 Å². The first-order valence-corrected chi connectivity index (χ1v) is 9.57. The number of benzene rings is 1. The predicted molar refractivity (Wildman–Crippen MR) is 74.2 cm³/mol. The van der Waals surface area contributed by atoms with Gasteiger partial charge in [0.05, 0.1) is 0 Å². The second kappa shape index (κ2) is 3.53. The van der Waals surface area contributed by atoms with Crippen molar-refractivity contribution in [1.82, 2.24) is 0 Å². The van der Waals surface area contributed by atoms with E-state index in [0.29, 0.717) is 3.92 Å². The van der Waals surface area contributed by atoms with Gasteiger partial charge in [-0.1, -0.05) is 0 Å². The van der Waals surface area contributed by atoms with Gasteiger partial charge in [-0.15, -0.1) is 0 Å². The molecule has 2 aliphatic rings. The summed E-state index contributed by atoms with van der Waals surface area (Å²) in [6.07, 6.45) is 4.19. The Labute approximate surface area is 96.8 Å². The first-order chi connectivity index (χ1) is 7.36. The van der Waals surface area contributed by atoms with Crippen LogP contribution in [0, 0.1) is 11.8 Å². The van der Waals surface area contributed by atoms with Crippen LogP contribution in [-0.4, -0.2) is 8.86 Å². The molecule has 1 heterocycles. The molecule has 74 valence electrons. The van der Waals surface area contributed by atoms with E-state index in [1.165, 1.54) is 16.0 Å². The molecule has 1 unspecified atom stereocenters. The molecular weight excluding hydrogens is 295 g/mol. The van der Waals surface area contributed by atoms with E-state index in [1.807, 2.05) is 6.08 Å². The second-order valence-corrected chi connectivity index (χ2v) is 8.78. The Bertz CT molecular complexity index is 611. The fourth-order valence-corrected chi connectivity index (χ4v) is 6.25. The Balaban J connectivity index is 2.43. The van der Waals surface area contributed by atoms with Crippen LogP contribution in [0.15, 0.2) is 36.4 Å². The van der Waals surface area contributed by atoms with Crippen molar-refractivity contribution in [2.75, 3.05) is 4.93 Å². The molecule has 1 aromatic rings. The van der Waals surface area contributed by atoms with Crippen molar-refractivity contribution in [2.24, 2.45) is 0 Å². The van der Waals surface area contributed by atoms with Crippen LogP contribution in [0.4, 0.5) is 0 Å². The third-order valence-electron chi connectivity index (χ3n) is 2.73. The van der Waals surface area contributed by atoms with E-state index in [2.05, 4.69) is 51.2 Å². The number of hydrogen-bond acceptors (Lipinski definition) is 0. The van der Waals surface area contributed by atoms with Gasteiger partial charge in [0.15, 0.2) is 0 Å². The summed E-state index contributed by atoms with van der Waals surface area (Å²) < 4.78 is 3.04. The van der Waals surface area contributed by atoms with Crippen LogP contribution in [0.25, 0.3) is 9.66 Å². The number of fused-ring (bicyclic) bond motifs is 2. The van der Waals surface area contributed by atoms with Gasteiger partial charge in [-0.25, -0.2) is 0 Å². The molecule has 1 atom stereocenters. The van der Waals surface area contributed by atoms with Crippen molar-refractivity contribution in [1.29, 1.82) is 0 Å². The summed E-state index contributed by atoms with van der Waals surface area (Å²) in [6.45, 7) is 0. The van der Waals surface area contributed by atoms with Crippen LogP contribution in [0.3, 0.4) is 0 Å². The molecule has 0 aromatic heterocycles. The maximum atomic E-state index is 3.38. The standard InChI is InChI=1S/C14H11I/c1-15-10-11-6-2-3-7-12(11)13-8-4-5-9-14(13)15/h2-4,6-8,10,14H,1H3. The minimum absolute atomic E-state index is 0.550. The zero-order valence-electron chi connectivity index (χ0n) is 8.50. The Kier molecular flexibility index (Phi) is 2.17. The molecular formula is C14H11I. The summed E-state index contributed by atoms with van der Waals surface area (Å²) in [6, 6.07) is 8.68. The summed E-state index contributed by atoms with van der Waals surface area (Å²) >= 11 is -1.03. The fraction of sp³-hybridized carbons (Fsp3) is 0.143. The fourth-order valence-electron chi connectivity index (χ4n) is 2.02. The molecule has 0 fully saturated rings. The van der Waals surface area contributed by atoms with E-state index >= 15 is 0 Å². The van der Waals surface area contributed by atoms with Gasteiger partial charge in [0.1, 0.15) is 0 Å². The number of rotatable bonds is 0. The summed E-state index contributed by atoms with van der Waals surface area (Å²) in [5.74, 6) is 6.49. The molecule has 1 aromatic carbocycles. The van der Waals surface area contributed by atoms with E-state index in [0.717, 1.165) is 0 Å². The van der Waals surface area contributed by atoms with Gasteiger partial charge in [-0.3, -0.25) is 0 Å². The van der Waals surface area contributed by atoms with Crippen LogP contribution in [0.2, 0.25) is 0 Å². The van der Waals surface area contributed by atoms with E-state index in [1.54, 1.807) is 0 Å². The Hall–Kier alpha value is -1.01. The summed E-state index contributed by atoms with van der Waals surface area (Å²) in [7, 11) is 0. The molecule has 0 radical (unpaired) electrons. The van der Waals surface area contributed by atoms with Gasteiger partial charge < -0.3 is 0 Å². The topological polar surface area (TPSA) is 0 Å².